The second kappa shape index (κ2) is 4.94. The van der Waals surface area contributed by atoms with Crippen LogP contribution in [0.5, 0.6) is 0 Å². The Kier molecular flexibility index (Phi) is 2.99. The standard InChI is InChI=1S/C17H14N2/c1-13(14-8-4-2-5-9-14)16-12-18-17(19-16)15-10-6-3-7-11-15/h2-12H,1H2,(H,18,19). The van der Waals surface area contributed by atoms with Gasteiger partial charge in [0.05, 0.1) is 11.9 Å². The molecule has 0 saturated heterocycles. The van der Waals surface area contributed by atoms with Crippen molar-refractivity contribution in [1.29, 1.82) is 0 Å². The average molecular weight is 246 g/mol. The van der Waals surface area contributed by atoms with Gasteiger partial charge in [-0.15, -0.1) is 0 Å². The lowest BCUT2D eigenvalue weighted by atomic mass is 10.1. The second-order valence-corrected chi connectivity index (χ2v) is 4.36. The number of benzene rings is 2. The Morgan fingerprint density at radius 2 is 1.53 bits per heavy atom. The highest BCUT2D eigenvalue weighted by molar-refractivity contribution is 5.76. The fourth-order valence-corrected chi connectivity index (χ4v) is 2.01. The summed E-state index contributed by atoms with van der Waals surface area (Å²) in [6, 6.07) is 20.2. The third-order valence-corrected chi connectivity index (χ3v) is 3.07. The van der Waals surface area contributed by atoms with Crippen LogP contribution in [0.3, 0.4) is 0 Å². The van der Waals surface area contributed by atoms with Gasteiger partial charge in [-0.1, -0.05) is 67.2 Å². The molecule has 0 spiro atoms. The van der Waals surface area contributed by atoms with Crippen molar-refractivity contribution < 1.29 is 0 Å². The number of nitrogens with zero attached hydrogens (tertiary/aromatic N) is 1. The number of aromatic nitrogens is 2. The lowest BCUT2D eigenvalue weighted by molar-refractivity contribution is 1.30. The first-order chi connectivity index (χ1) is 9.34. The van der Waals surface area contributed by atoms with E-state index in [-0.39, 0.29) is 0 Å². The Morgan fingerprint density at radius 1 is 0.895 bits per heavy atom. The molecule has 0 radical (unpaired) electrons. The van der Waals surface area contributed by atoms with Gasteiger partial charge in [0, 0.05) is 5.56 Å². The van der Waals surface area contributed by atoms with Crippen molar-refractivity contribution >= 4 is 5.57 Å². The molecular weight excluding hydrogens is 232 g/mol. The van der Waals surface area contributed by atoms with Gasteiger partial charge >= 0.3 is 0 Å². The van der Waals surface area contributed by atoms with Crippen LogP contribution in [0.2, 0.25) is 0 Å². The highest BCUT2D eigenvalue weighted by Crippen LogP contribution is 2.22. The van der Waals surface area contributed by atoms with Crippen molar-refractivity contribution in [2.45, 2.75) is 0 Å². The van der Waals surface area contributed by atoms with Crippen molar-refractivity contribution in [3.05, 3.63) is 84.7 Å². The number of aromatic amines is 1. The molecule has 0 saturated carbocycles. The van der Waals surface area contributed by atoms with Crippen molar-refractivity contribution in [2.24, 2.45) is 0 Å². The van der Waals surface area contributed by atoms with Crippen LogP contribution in [0.25, 0.3) is 17.0 Å². The van der Waals surface area contributed by atoms with E-state index in [4.69, 9.17) is 0 Å². The summed E-state index contributed by atoms with van der Waals surface area (Å²) in [4.78, 5) is 7.73. The van der Waals surface area contributed by atoms with Crippen molar-refractivity contribution in [1.82, 2.24) is 9.97 Å². The number of imidazole rings is 1. The zero-order valence-electron chi connectivity index (χ0n) is 10.5. The van der Waals surface area contributed by atoms with Gasteiger partial charge in [0.25, 0.3) is 0 Å². The number of nitrogens with one attached hydrogen (secondary N) is 1. The predicted molar refractivity (Wildman–Crippen MR) is 78.6 cm³/mol. The van der Waals surface area contributed by atoms with Gasteiger partial charge in [-0.2, -0.15) is 0 Å². The quantitative estimate of drug-likeness (QED) is 0.739. The van der Waals surface area contributed by atoms with Crippen LogP contribution >= 0.6 is 0 Å². The molecule has 0 aliphatic rings. The monoisotopic (exact) mass is 246 g/mol. The van der Waals surface area contributed by atoms with Gasteiger partial charge in [-0.05, 0) is 11.1 Å². The zero-order chi connectivity index (χ0) is 13.1. The Hall–Kier alpha value is -2.61. The highest BCUT2D eigenvalue weighted by Gasteiger charge is 2.07. The fraction of sp³-hybridized carbons (Fsp3) is 0. The molecule has 2 nitrogen and oxygen atoms in total. The van der Waals surface area contributed by atoms with Crippen LogP contribution in [-0.4, -0.2) is 9.97 Å². The van der Waals surface area contributed by atoms with Crippen LogP contribution < -0.4 is 0 Å². The summed E-state index contributed by atoms with van der Waals surface area (Å²) >= 11 is 0. The first-order valence-electron chi connectivity index (χ1n) is 6.20. The molecule has 0 aliphatic carbocycles. The number of H-pyrrole nitrogens is 1. The van der Waals surface area contributed by atoms with Crippen LogP contribution in [-0.2, 0) is 0 Å². The predicted octanol–water partition coefficient (Wildman–Crippen LogP) is 4.14. The third kappa shape index (κ3) is 2.33. The summed E-state index contributed by atoms with van der Waals surface area (Å²) in [5.41, 5.74) is 4.08. The van der Waals surface area contributed by atoms with Gasteiger partial charge < -0.3 is 4.98 Å². The Labute approximate surface area is 112 Å². The summed E-state index contributed by atoms with van der Waals surface area (Å²) < 4.78 is 0. The maximum Gasteiger partial charge on any atom is 0.137 e. The minimum Gasteiger partial charge on any atom is -0.338 e. The maximum atomic E-state index is 4.42. The molecule has 0 unspecified atom stereocenters. The molecular formula is C17H14N2. The Morgan fingerprint density at radius 3 is 2.21 bits per heavy atom. The molecule has 92 valence electrons. The zero-order valence-corrected chi connectivity index (χ0v) is 10.5. The molecule has 2 heteroatoms. The van der Waals surface area contributed by atoms with Crippen LogP contribution in [0.15, 0.2) is 73.4 Å². The number of hydrogen-bond acceptors (Lipinski definition) is 1. The third-order valence-electron chi connectivity index (χ3n) is 3.07. The number of rotatable bonds is 3. The van der Waals surface area contributed by atoms with Gasteiger partial charge in [-0.3, -0.25) is 0 Å². The molecule has 0 aliphatic heterocycles. The Bertz CT molecular complexity index is 682. The molecule has 0 atom stereocenters. The van der Waals surface area contributed by atoms with Gasteiger partial charge in [-0.25, -0.2) is 4.98 Å². The molecule has 0 amide bonds. The fourth-order valence-electron chi connectivity index (χ4n) is 2.01. The summed E-state index contributed by atoms with van der Waals surface area (Å²) in [5.74, 6) is 0.868. The lowest BCUT2D eigenvalue weighted by Gasteiger charge is -2.02. The van der Waals surface area contributed by atoms with Gasteiger partial charge in [0.1, 0.15) is 5.82 Å². The number of hydrogen-bond donors (Lipinski definition) is 1. The topological polar surface area (TPSA) is 28.7 Å². The van der Waals surface area contributed by atoms with Crippen molar-refractivity contribution in [2.75, 3.05) is 0 Å². The summed E-state index contributed by atoms with van der Waals surface area (Å²) in [7, 11) is 0. The van der Waals surface area contributed by atoms with Crippen molar-refractivity contribution in [3.8, 4) is 11.4 Å². The van der Waals surface area contributed by atoms with E-state index in [1.807, 2.05) is 66.9 Å². The van der Waals surface area contributed by atoms with E-state index in [0.29, 0.717) is 0 Å². The molecule has 1 heterocycles. The molecule has 3 rings (SSSR count). The van der Waals surface area contributed by atoms with E-state index in [9.17, 15) is 0 Å². The molecule has 0 bridgehead atoms. The maximum absolute atomic E-state index is 4.42. The van der Waals surface area contributed by atoms with Crippen molar-refractivity contribution in [3.63, 3.8) is 0 Å². The van der Waals surface area contributed by atoms with E-state index in [2.05, 4.69) is 16.5 Å². The largest absolute Gasteiger partial charge is 0.338 e. The van der Waals surface area contributed by atoms with E-state index in [1.54, 1.807) is 0 Å². The molecule has 0 fully saturated rings. The SMILES string of the molecule is C=C(c1ccccc1)c1cnc(-c2ccccc2)[nH]1. The average Bonchev–Trinajstić information content (AvgIpc) is 2.98. The minimum absolute atomic E-state index is 0.868. The molecule has 2 aromatic carbocycles. The normalized spacial score (nSPS) is 10.3. The molecule has 3 aromatic rings. The summed E-state index contributed by atoms with van der Waals surface area (Å²) in [6.07, 6.45) is 1.83. The van der Waals surface area contributed by atoms with Gasteiger partial charge in [0.2, 0.25) is 0 Å². The van der Waals surface area contributed by atoms with Gasteiger partial charge in [0.15, 0.2) is 0 Å². The minimum atomic E-state index is 0.868. The van der Waals surface area contributed by atoms with E-state index in [1.165, 1.54) is 0 Å². The first kappa shape index (κ1) is 11.5. The molecule has 19 heavy (non-hydrogen) atoms. The molecule has 1 aromatic heterocycles. The second-order valence-electron chi connectivity index (χ2n) is 4.36. The highest BCUT2D eigenvalue weighted by atomic mass is 14.9. The summed E-state index contributed by atoms with van der Waals surface area (Å²) in [5, 5.41) is 0. The van der Waals surface area contributed by atoms with Crippen LogP contribution in [0, 0.1) is 0 Å². The molecule has 1 N–H and O–H groups in total. The van der Waals surface area contributed by atoms with E-state index < -0.39 is 0 Å². The smallest absolute Gasteiger partial charge is 0.137 e. The summed E-state index contributed by atoms with van der Waals surface area (Å²) in [6.45, 7) is 4.13. The van der Waals surface area contributed by atoms with Crippen LogP contribution in [0.4, 0.5) is 0 Å². The van der Waals surface area contributed by atoms with E-state index in [0.717, 1.165) is 28.2 Å². The van der Waals surface area contributed by atoms with E-state index >= 15 is 0 Å². The van der Waals surface area contributed by atoms with Crippen LogP contribution in [0.1, 0.15) is 11.3 Å². The lowest BCUT2D eigenvalue weighted by Crippen LogP contribution is -1.86. The first-order valence-corrected chi connectivity index (χ1v) is 6.20. The Balaban J connectivity index is 1.92.